The molecule has 8 nitrogen and oxygen atoms in total. The Hall–Kier alpha value is -3.59. The van der Waals surface area contributed by atoms with E-state index in [1.807, 2.05) is 32.0 Å². The molecule has 2 aromatic rings. The van der Waals surface area contributed by atoms with E-state index in [1.165, 1.54) is 0 Å². The molecule has 40 heavy (non-hydrogen) atoms. The van der Waals surface area contributed by atoms with Crippen LogP contribution in [0.4, 0.5) is 0 Å². The number of esters is 1. The standard InChI is InChI=1S/C31H37NO7S/c1-6-38-26-17-20(8-10-23(26)33)29-28(31(35)39-12-13-40-7-2)18(3)32-22-14-21(15-24(34)30(22)29)19-9-11-25(36-4)27(16-19)37-5/h8-11,16-17,21,29,32-33H,6-7,12-15H2,1-5H3/t21-,29+/m0/s1. The predicted molar refractivity (Wildman–Crippen MR) is 155 cm³/mol. The number of methoxy groups -OCH3 is 2. The second kappa shape index (κ2) is 13.2. The summed E-state index contributed by atoms with van der Waals surface area (Å²) < 4.78 is 22.2. The fraction of sp³-hybridized carbons (Fsp3) is 0.419. The molecule has 0 unspecified atom stereocenters. The van der Waals surface area contributed by atoms with Crippen LogP contribution in [0.15, 0.2) is 58.9 Å². The molecule has 2 aromatic carbocycles. The van der Waals surface area contributed by atoms with Crippen molar-refractivity contribution in [2.45, 2.75) is 45.4 Å². The predicted octanol–water partition coefficient (Wildman–Crippen LogP) is 5.47. The molecule has 0 saturated carbocycles. The smallest absolute Gasteiger partial charge is 0.336 e. The Labute approximate surface area is 239 Å². The van der Waals surface area contributed by atoms with Crippen LogP contribution in [-0.2, 0) is 14.3 Å². The number of hydrogen-bond donors (Lipinski definition) is 2. The van der Waals surface area contributed by atoms with Gasteiger partial charge in [-0.25, -0.2) is 4.79 Å². The molecule has 0 aromatic heterocycles. The van der Waals surface area contributed by atoms with Gasteiger partial charge >= 0.3 is 5.97 Å². The topological polar surface area (TPSA) is 103 Å². The van der Waals surface area contributed by atoms with Gasteiger partial charge in [0.25, 0.3) is 0 Å². The Bertz CT molecular complexity index is 1330. The lowest BCUT2D eigenvalue weighted by Gasteiger charge is -2.37. The molecule has 1 aliphatic carbocycles. The third kappa shape index (κ3) is 6.09. The van der Waals surface area contributed by atoms with Crippen LogP contribution in [0.25, 0.3) is 0 Å². The van der Waals surface area contributed by atoms with Crippen molar-refractivity contribution in [1.82, 2.24) is 5.32 Å². The van der Waals surface area contributed by atoms with E-state index in [2.05, 4.69) is 12.2 Å². The molecule has 2 atom stereocenters. The van der Waals surface area contributed by atoms with E-state index in [0.717, 1.165) is 17.0 Å². The lowest BCUT2D eigenvalue weighted by atomic mass is 9.71. The van der Waals surface area contributed by atoms with Gasteiger partial charge in [0.2, 0.25) is 0 Å². The molecule has 4 rings (SSSR count). The van der Waals surface area contributed by atoms with E-state index in [4.69, 9.17) is 18.9 Å². The average molecular weight is 568 g/mol. The van der Waals surface area contributed by atoms with Crippen LogP contribution < -0.4 is 19.5 Å². The average Bonchev–Trinajstić information content (AvgIpc) is 2.95. The van der Waals surface area contributed by atoms with E-state index in [9.17, 15) is 14.7 Å². The summed E-state index contributed by atoms with van der Waals surface area (Å²) in [5, 5.41) is 13.7. The Morgan fingerprint density at radius 2 is 1.75 bits per heavy atom. The number of nitrogens with one attached hydrogen (secondary N) is 1. The van der Waals surface area contributed by atoms with Crippen LogP contribution in [0.1, 0.15) is 56.6 Å². The van der Waals surface area contributed by atoms with Crippen molar-refractivity contribution in [1.29, 1.82) is 0 Å². The number of Topliss-reactive ketones (excluding diaryl/α,β-unsaturated/α-hetero) is 1. The number of phenolic OH excluding ortho intramolecular Hbond substituents is 1. The fourth-order valence-corrected chi connectivity index (χ4v) is 5.87. The lowest BCUT2D eigenvalue weighted by Crippen LogP contribution is -2.36. The first-order chi connectivity index (χ1) is 19.3. The molecule has 0 saturated heterocycles. The number of allylic oxidation sites excluding steroid dienone is 3. The number of aromatic hydroxyl groups is 1. The van der Waals surface area contributed by atoms with Crippen molar-refractivity contribution in [3.8, 4) is 23.0 Å². The zero-order valence-corrected chi connectivity index (χ0v) is 24.5. The maximum atomic E-state index is 13.9. The summed E-state index contributed by atoms with van der Waals surface area (Å²) in [6.45, 7) is 6.36. The monoisotopic (exact) mass is 567 g/mol. The summed E-state index contributed by atoms with van der Waals surface area (Å²) in [6, 6.07) is 10.7. The highest BCUT2D eigenvalue weighted by Crippen LogP contribution is 2.47. The van der Waals surface area contributed by atoms with Crippen molar-refractivity contribution in [2.75, 3.05) is 38.9 Å². The zero-order valence-electron chi connectivity index (χ0n) is 23.7. The summed E-state index contributed by atoms with van der Waals surface area (Å²) in [6.07, 6.45) is 0.855. The highest BCUT2D eigenvalue weighted by molar-refractivity contribution is 7.99. The van der Waals surface area contributed by atoms with Crippen molar-refractivity contribution in [3.63, 3.8) is 0 Å². The second-order valence-electron chi connectivity index (χ2n) is 9.62. The van der Waals surface area contributed by atoms with Gasteiger partial charge in [-0.1, -0.05) is 19.1 Å². The summed E-state index contributed by atoms with van der Waals surface area (Å²) in [7, 11) is 3.18. The summed E-state index contributed by atoms with van der Waals surface area (Å²) in [5.74, 6) is 1.92. The number of hydrogen-bond acceptors (Lipinski definition) is 9. The lowest BCUT2D eigenvalue weighted by molar-refractivity contribution is -0.138. The number of benzene rings is 2. The van der Waals surface area contributed by atoms with Crippen LogP contribution in [0, 0.1) is 0 Å². The number of ketones is 1. The van der Waals surface area contributed by atoms with Gasteiger partial charge in [-0.15, -0.1) is 0 Å². The van der Waals surface area contributed by atoms with Crippen molar-refractivity contribution < 1.29 is 33.6 Å². The summed E-state index contributed by atoms with van der Waals surface area (Å²) in [5.41, 5.74) is 4.02. The molecular weight excluding hydrogens is 530 g/mol. The molecule has 2 N–H and O–H groups in total. The first kappa shape index (κ1) is 29.4. The van der Waals surface area contributed by atoms with Crippen LogP contribution >= 0.6 is 11.8 Å². The first-order valence-corrected chi connectivity index (χ1v) is 14.6. The molecule has 1 heterocycles. The highest BCUT2D eigenvalue weighted by atomic mass is 32.2. The van der Waals surface area contributed by atoms with Gasteiger partial charge in [0.1, 0.15) is 6.61 Å². The number of phenols is 1. The normalized spacial score (nSPS) is 18.7. The minimum atomic E-state index is -0.652. The number of carbonyl (C=O) groups is 2. The largest absolute Gasteiger partial charge is 0.504 e. The number of rotatable bonds is 11. The maximum absolute atomic E-state index is 13.9. The molecule has 2 aliphatic rings. The third-order valence-electron chi connectivity index (χ3n) is 7.21. The highest BCUT2D eigenvalue weighted by Gasteiger charge is 2.41. The van der Waals surface area contributed by atoms with Gasteiger partial charge in [0.15, 0.2) is 28.8 Å². The van der Waals surface area contributed by atoms with Crippen LogP contribution in [-0.4, -0.2) is 55.8 Å². The maximum Gasteiger partial charge on any atom is 0.336 e. The van der Waals surface area contributed by atoms with Gasteiger partial charge in [0.05, 0.1) is 26.4 Å². The van der Waals surface area contributed by atoms with E-state index in [1.54, 1.807) is 44.2 Å². The Morgan fingerprint density at radius 3 is 2.45 bits per heavy atom. The van der Waals surface area contributed by atoms with Gasteiger partial charge in [-0.3, -0.25) is 4.79 Å². The minimum Gasteiger partial charge on any atom is -0.504 e. The second-order valence-corrected chi connectivity index (χ2v) is 11.0. The minimum absolute atomic E-state index is 0.00126. The van der Waals surface area contributed by atoms with Crippen LogP contribution in [0.5, 0.6) is 23.0 Å². The fourth-order valence-electron chi connectivity index (χ4n) is 5.38. The van der Waals surface area contributed by atoms with E-state index >= 15 is 0 Å². The van der Waals surface area contributed by atoms with Crippen LogP contribution in [0.3, 0.4) is 0 Å². The van der Waals surface area contributed by atoms with Crippen molar-refractivity contribution in [3.05, 3.63) is 70.1 Å². The van der Waals surface area contributed by atoms with Gasteiger partial charge in [0, 0.05) is 35.1 Å². The quantitative estimate of drug-likeness (QED) is 0.270. The van der Waals surface area contributed by atoms with Crippen molar-refractivity contribution in [2.24, 2.45) is 0 Å². The number of thioether (sulfide) groups is 1. The van der Waals surface area contributed by atoms with Gasteiger partial charge < -0.3 is 29.4 Å². The Kier molecular flexibility index (Phi) is 9.68. The van der Waals surface area contributed by atoms with E-state index < -0.39 is 11.9 Å². The molecule has 0 bridgehead atoms. The number of ether oxygens (including phenoxy) is 4. The number of carbonyl (C=O) groups excluding carboxylic acids is 2. The summed E-state index contributed by atoms with van der Waals surface area (Å²) >= 11 is 1.69. The SMILES string of the molecule is CCOc1cc([C@@H]2C(C(=O)OCCSCC)=C(C)NC3=C2C(=O)C[C@@H](c2ccc(OC)c(OC)c2)C3)ccc1O. The molecule has 9 heteroatoms. The molecule has 0 spiro atoms. The van der Waals surface area contributed by atoms with Crippen molar-refractivity contribution >= 4 is 23.5 Å². The first-order valence-electron chi connectivity index (χ1n) is 13.5. The van der Waals surface area contributed by atoms with Crippen LogP contribution in [0.2, 0.25) is 0 Å². The molecule has 214 valence electrons. The third-order valence-corrected chi connectivity index (χ3v) is 8.07. The van der Waals surface area contributed by atoms with E-state index in [0.29, 0.717) is 58.4 Å². The van der Waals surface area contributed by atoms with Gasteiger partial charge in [-0.2, -0.15) is 11.8 Å². The number of dihydropyridines is 1. The molecule has 0 fully saturated rings. The Balaban J connectivity index is 1.75. The van der Waals surface area contributed by atoms with E-state index in [-0.39, 0.29) is 30.5 Å². The molecule has 0 amide bonds. The Morgan fingerprint density at radius 1 is 1.02 bits per heavy atom. The zero-order chi connectivity index (χ0) is 28.8. The van der Waals surface area contributed by atoms with Gasteiger partial charge in [-0.05, 0) is 67.3 Å². The molecule has 1 aliphatic heterocycles. The summed E-state index contributed by atoms with van der Waals surface area (Å²) in [4.78, 5) is 27.4. The molecule has 0 radical (unpaired) electrons. The molecular formula is C31H37NO7S.